The van der Waals surface area contributed by atoms with Crippen molar-refractivity contribution >= 4 is 30.0 Å². The lowest BCUT2D eigenvalue weighted by atomic mass is 10.2. The number of rotatable bonds is 6. The summed E-state index contributed by atoms with van der Waals surface area (Å²) in [5.41, 5.74) is 0.963. The summed E-state index contributed by atoms with van der Waals surface area (Å²) in [6.45, 7) is 6.87. The van der Waals surface area contributed by atoms with E-state index in [1.165, 1.54) is 0 Å². The predicted molar refractivity (Wildman–Crippen MR) is 122 cm³/mol. The SMILES string of the molecule is CCc1nn(CN2CCN(C)CC2)c(=S)n1/N=C/c1ccc(-c2ccc(Cl)cc2)o1. The highest BCUT2D eigenvalue weighted by Crippen LogP contribution is 2.23. The number of benzene rings is 1. The summed E-state index contributed by atoms with van der Waals surface area (Å²) in [7, 11) is 2.15. The zero-order chi connectivity index (χ0) is 21.1. The number of aryl methyl sites for hydroxylation is 1. The van der Waals surface area contributed by atoms with Gasteiger partial charge in [-0.15, -0.1) is 0 Å². The topological polar surface area (TPSA) is 54.7 Å². The van der Waals surface area contributed by atoms with Crippen LogP contribution in [-0.4, -0.2) is 63.7 Å². The van der Waals surface area contributed by atoms with E-state index in [-0.39, 0.29) is 0 Å². The van der Waals surface area contributed by atoms with Crippen LogP contribution in [0.3, 0.4) is 0 Å². The largest absolute Gasteiger partial charge is 0.455 e. The molecule has 1 fully saturated rings. The van der Waals surface area contributed by atoms with Gasteiger partial charge in [-0.1, -0.05) is 18.5 Å². The number of furan rings is 1. The molecule has 7 nitrogen and oxygen atoms in total. The van der Waals surface area contributed by atoms with E-state index in [2.05, 4.69) is 34.0 Å². The van der Waals surface area contributed by atoms with Crippen molar-refractivity contribution in [2.75, 3.05) is 33.2 Å². The Morgan fingerprint density at radius 2 is 1.87 bits per heavy atom. The number of aromatic nitrogens is 3. The van der Waals surface area contributed by atoms with Gasteiger partial charge in [0.25, 0.3) is 0 Å². The van der Waals surface area contributed by atoms with Crippen molar-refractivity contribution in [1.29, 1.82) is 0 Å². The average molecular weight is 445 g/mol. The van der Waals surface area contributed by atoms with Gasteiger partial charge in [0.15, 0.2) is 5.82 Å². The fourth-order valence-corrected chi connectivity index (χ4v) is 3.73. The van der Waals surface area contributed by atoms with Gasteiger partial charge in [-0.3, -0.25) is 4.90 Å². The van der Waals surface area contributed by atoms with E-state index < -0.39 is 0 Å². The number of piperazine rings is 1. The van der Waals surface area contributed by atoms with E-state index in [1.807, 2.05) is 41.1 Å². The molecule has 0 aliphatic carbocycles. The van der Waals surface area contributed by atoms with Crippen LogP contribution in [0.2, 0.25) is 5.02 Å². The molecule has 0 saturated carbocycles. The highest BCUT2D eigenvalue weighted by Gasteiger charge is 2.16. The number of hydrogen-bond donors (Lipinski definition) is 0. The summed E-state index contributed by atoms with van der Waals surface area (Å²) in [4.78, 5) is 4.69. The van der Waals surface area contributed by atoms with Gasteiger partial charge in [0.1, 0.15) is 11.5 Å². The fourth-order valence-electron chi connectivity index (χ4n) is 3.36. The summed E-state index contributed by atoms with van der Waals surface area (Å²) >= 11 is 11.6. The minimum absolute atomic E-state index is 0.589. The quantitative estimate of drug-likeness (QED) is 0.425. The molecule has 4 rings (SSSR count). The van der Waals surface area contributed by atoms with Crippen molar-refractivity contribution in [3.05, 3.63) is 57.8 Å². The minimum atomic E-state index is 0.589. The Balaban J connectivity index is 1.51. The maximum Gasteiger partial charge on any atom is 0.220 e. The van der Waals surface area contributed by atoms with Gasteiger partial charge in [-0.2, -0.15) is 14.9 Å². The van der Waals surface area contributed by atoms with Crippen LogP contribution >= 0.6 is 23.8 Å². The smallest absolute Gasteiger partial charge is 0.220 e. The van der Waals surface area contributed by atoms with Gasteiger partial charge in [0.05, 0.1) is 12.9 Å². The first kappa shape index (κ1) is 21.0. The van der Waals surface area contributed by atoms with Crippen LogP contribution in [0.5, 0.6) is 0 Å². The Bertz CT molecular complexity index is 1080. The second kappa shape index (κ2) is 9.26. The minimum Gasteiger partial charge on any atom is -0.455 e. The van der Waals surface area contributed by atoms with Crippen LogP contribution in [0, 0.1) is 4.77 Å². The molecule has 9 heteroatoms. The second-order valence-electron chi connectivity index (χ2n) is 7.38. The van der Waals surface area contributed by atoms with E-state index in [9.17, 15) is 0 Å². The molecule has 0 amide bonds. The summed E-state index contributed by atoms with van der Waals surface area (Å²) < 4.78 is 10.1. The maximum atomic E-state index is 5.96. The number of nitrogens with zero attached hydrogens (tertiary/aromatic N) is 6. The lowest BCUT2D eigenvalue weighted by molar-refractivity contribution is 0.118. The number of likely N-dealkylation sites (N-methyl/N-ethyl adjacent to an activating group) is 1. The van der Waals surface area contributed by atoms with E-state index in [4.69, 9.17) is 28.2 Å². The van der Waals surface area contributed by atoms with E-state index in [0.29, 0.717) is 22.2 Å². The van der Waals surface area contributed by atoms with Crippen molar-refractivity contribution in [1.82, 2.24) is 24.3 Å². The van der Waals surface area contributed by atoms with Crippen LogP contribution in [0.4, 0.5) is 0 Å². The van der Waals surface area contributed by atoms with Gasteiger partial charge in [-0.05, 0) is 55.7 Å². The van der Waals surface area contributed by atoms with Crippen molar-refractivity contribution < 1.29 is 4.42 Å². The van der Waals surface area contributed by atoms with E-state index in [1.54, 1.807) is 10.9 Å². The monoisotopic (exact) mass is 444 g/mol. The molecule has 158 valence electrons. The highest BCUT2D eigenvalue weighted by molar-refractivity contribution is 7.71. The van der Waals surface area contributed by atoms with Crippen molar-refractivity contribution in [2.45, 2.75) is 20.0 Å². The molecule has 1 aliphatic heterocycles. The normalized spacial score (nSPS) is 16.0. The molecular formula is C21H25ClN6OS. The number of halogens is 1. The van der Waals surface area contributed by atoms with Crippen molar-refractivity contribution in [3.8, 4) is 11.3 Å². The van der Waals surface area contributed by atoms with Crippen LogP contribution in [0.1, 0.15) is 18.5 Å². The molecule has 0 unspecified atom stereocenters. The van der Waals surface area contributed by atoms with Crippen LogP contribution in [0.15, 0.2) is 45.9 Å². The van der Waals surface area contributed by atoms with Gasteiger partial charge in [0, 0.05) is 43.2 Å². The van der Waals surface area contributed by atoms with E-state index in [0.717, 1.165) is 49.7 Å². The third-order valence-electron chi connectivity index (χ3n) is 5.18. The molecule has 1 saturated heterocycles. The highest BCUT2D eigenvalue weighted by atomic mass is 35.5. The molecule has 3 heterocycles. The predicted octanol–water partition coefficient (Wildman–Crippen LogP) is 3.98. The van der Waals surface area contributed by atoms with Gasteiger partial charge in [-0.25, -0.2) is 4.68 Å². The van der Waals surface area contributed by atoms with Crippen molar-refractivity contribution in [2.24, 2.45) is 5.10 Å². The molecular weight excluding hydrogens is 420 g/mol. The first-order valence-corrected chi connectivity index (χ1v) is 10.8. The summed E-state index contributed by atoms with van der Waals surface area (Å²) in [6, 6.07) is 11.3. The van der Waals surface area contributed by atoms with Gasteiger partial charge < -0.3 is 9.32 Å². The zero-order valence-corrected chi connectivity index (χ0v) is 18.7. The molecule has 0 atom stereocenters. The van der Waals surface area contributed by atoms with E-state index >= 15 is 0 Å². The lowest BCUT2D eigenvalue weighted by Gasteiger charge is -2.31. The molecule has 0 bridgehead atoms. The summed E-state index contributed by atoms with van der Waals surface area (Å²) in [6.07, 6.45) is 2.42. The standard InChI is InChI=1S/C21H25ClN6OS/c1-3-20-24-27(15-26-12-10-25(2)11-13-26)21(30)28(20)23-14-18-8-9-19(29-18)16-4-6-17(22)7-5-16/h4-9,14H,3,10-13,15H2,1-2H3/b23-14+. The van der Waals surface area contributed by atoms with Crippen LogP contribution in [-0.2, 0) is 13.1 Å². The molecule has 2 aromatic heterocycles. The Kier molecular flexibility index (Phi) is 6.48. The Labute approximate surface area is 186 Å². The first-order chi connectivity index (χ1) is 14.5. The summed E-state index contributed by atoms with van der Waals surface area (Å²) in [5.74, 6) is 2.24. The Morgan fingerprint density at radius 1 is 1.13 bits per heavy atom. The molecule has 0 N–H and O–H groups in total. The van der Waals surface area contributed by atoms with Crippen molar-refractivity contribution in [3.63, 3.8) is 0 Å². The molecule has 1 aliphatic rings. The average Bonchev–Trinajstić information content (AvgIpc) is 3.33. The molecule has 3 aromatic rings. The second-order valence-corrected chi connectivity index (χ2v) is 8.18. The Hall–Kier alpha value is -2.26. The summed E-state index contributed by atoms with van der Waals surface area (Å²) in [5, 5.41) is 9.93. The molecule has 0 spiro atoms. The Morgan fingerprint density at radius 3 is 2.57 bits per heavy atom. The lowest BCUT2D eigenvalue weighted by Crippen LogP contribution is -2.45. The molecule has 1 aromatic carbocycles. The van der Waals surface area contributed by atoms with Crippen LogP contribution in [0.25, 0.3) is 11.3 Å². The van der Waals surface area contributed by atoms with Gasteiger partial charge in [0.2, 0.25) is 4.77 Å². The number of hydrogen-bond acceptors (Lipinski definition) is 6. The fraction of sp³-hybridized carbons (Fsp3) is 0.381. The first-order valence-electron chi connectivity index (χ1n) is 10.0. The molecule has 30 heavy (non-hydrogen) atoms. The molecule has 0 radical (unpaired) electrons. The maximum absolute atomic E-state index is 5.96. The third-order valence-corrected chi connectivity index (χ3v) is 5.82. The zero-order valence-electron chi connectivity index (χ0n) is 17.2. The van der Waals surface area contributed by atoms with Gasteiger partial charge >= 0.3 is 0 Å². The third kappa shape index (κ3) is 4.73. The van der Waals surface area contributed by atoms with Crippen LogP contribution < -0.4 is 0 Å².